The minimum absolute atomic E-state index is 0.794. The monoisotopic (exact) mass is 178 g/mol. The van der Waals surface area contributed by atoms with Crippen molar-refractivity contribution in [1.82, 2.24) is 0 Å². The van der Waals surface area contributed by atoms with Gasteiger partial charge in [-0.1, -0.05) is 6.07 Å². The highest BCUT2D eigenvalue weighted by molar-refractivity contribution is 5.57. The van der Waals surface area contributed by atoms with Crippen LogP contribution in [0.4, 0.5) is 5.69 Å². The Bertz CT molecular complexity index is 332. The maximum Gasteiger partial charge on any atom is 0.149 e. The first-order chi connectivity index (χ1) is 6.19. The molecule has 0 unspecified atom stereocenters. The average Bonchev–Trinajstić information content (AvgIpc) is 2.04. The molecule has 0 saturated heterocycles. The molecule has 0 aliphatic heterocycles. The lowest BCUT2D eigenvalue weighted by Gasteiger charge is -2.07. The lowest BCUT2D eigenvalue weighted by molar-refractivity contribution is 0.412. The predicted octanol–water partition coefficient (Wildman–Crippen LogP) is 3.03. The molecule has 0 heterocycles. The number of hydrogen-bond donors (Lipinski definition) is 0. The summed E-state index contributed by atoms with van der Waals surface area (Å²) in [6.45, 7) is 4.03. The summed E-state index contributed by atoms with van der Waals surface area (Å²) in [5.74, 6) is 0.802. The highest BCUT2D eigenvalue weighted by Gasteiger charge is 2.05. The Morgan fingerprint density at radius 2 is 1.92 bits per heavy atom. The molecular formula is C10H14N2O. The van der Waals surface area contributed by atoms with Crippen molar-refractivity contribution in [3.8, 4) is 5.75 Å². The Labute approximate surface area is 78.5 Å². The van der Waals surface area contributed by atoms with Crippen LogP contribution in [0.2, 0.25) is 0 Å². The van der Waals surface area contributed by atoms with Crippen LogP contribution in [-0.4, -0.2) is 14.2 Å². The molecule has 70 valence electrons. The topological polar surface area (TPSA) is 34.0 Å². The summed E-state index contributed by atoms with van der Waals surface area (Å²) in [7, 11) is 3.30. The van der Waals surface area contributed by atoms with Gasteiger partial charge in [0.25, 0.3) is 0 Å². The first kappa shape index (κ1) is 9.71. The van der Waals surface area contributed by atoms with Gasteiger partial charge in [0.15, 0.2) is 0 Å². The predicted molar refractivity (Wildman–Crippen MR) is 52.9 cm³/mol. The van der Waals surface area contributed by atoms with E-state index in [-0.39, 0.29) is 0 Å². The first-order valence-corrected chi connectivity index (χ1v) is 4.14. The highest BCUT2D eigenvalue weighted by atomic mass is 16.5. The second-order valence-electron chi connectivity index (χ2n) is 2.93. The maximum atomic E-state index is 5.23. The summed E-state index contributed by atoms with van der Waals surface area (Å²) in [5, 5.41) is 7.74. The second-order valence-corrected chi connectivity index (χ2v) is 2.93. The minimum Gasteiger partial charge on any atom is -0.494 e. The maximum absolute atomic E-state index is 5.23. The van der Waals surface area contributed by atoms with Crippen molar-refractivity contribution in [2.24, 2.45) is 10.2 Å². The number of methoxy groups -OCH3 is 1. The van der Waals surface area contributed by atoms with Crippen LogP contribution in [0.1, 0.15) is 11.1 Å². The van der Waals surface area contributed by atoms with Crippen LogP contribution < -0.4 is 4.74 Å². The van der Waals surface area contributed by atoms with Gasteiger partial charge in [0.05, 0.1) is 7.11 Å². The normalized spacial score (nSPS) is 10.8. The van der Waals surface area contributed by atoms with E-state index in [1.54, 1.807) is 14.2 Å². The summed E-state index contributed by atoms with van der Waals surface area (Å²) in [6, 6.07) is 4.02. The van der Waals surface area contributed by atoms with Crippen LogP contribution >= 0.6 is 0 Å². The SMILES string of the molecule is CN=Nc1cc(C)cc(C)c1OC. The third-order valence-corrected chi connectivity index (χ3v) is 1.81. The van der Waals surface area contributed by atoms with Gasteiger partial charge in [-0.15, -0.1) is 0 Å². The van der Waals surface area contributed by atoms with Gasteiger partial charge >= 0.3 is 0 Å². The van der Waals surface area contributed by atoms with Gasteiger partial charge in [0, 0.05) is 7.05 Å². The van der Waals surface area contributed by atoms with Crippen molar-refractivity contribution < 1.29 is 4.74 Å². The molecule has 3 nitrogen and oxygen atoms in total. The van der Waals surface area contributed by atoms with Gasteiger partial charge in [-0.05, 0) is 31.0 Å². The molecule has 0 aliphatic carbocycles. The molecule has 0 spiro atoms. The fourth-order valence-electron chi connectivity index (χ4n) is 1.38. The van der Waals surface area contributed by atoms with Gasteiger partial charge in [0.2, 0.25) is 0 Å². The summed E-state index contributed by atoms with van der Waals surface area (Å²) in [4.78, 5) is 0. The first-order valence-electron chi connectivity index (χ1n) is 4.14. The van der Waals surface area contributed by atoms with E-state index in [0.717, 1.165) is 17.0 Å². The van der Waals surface area contributed by atoms with Gasteiger partial charge < -0.3 is 4.74 Å². The fourth-order valence-corrected chi connectivity index (χ4v) is 1.38. The largest absolute Gasteiger partial charge is 0.494 e. The quantitative estimate of drug-likeness (QED) is 0.641. The molecule has 3 heteroatoms. The molecule has 1 rings (SSSR count). The molecule has 0 N–H and O–H groups in total. The molecular weight excluding hydrogens is 164 g/mol. The molecule has 0 amide bonds. The molecule has 0 aromatic heterocycles. The number of hydrogen-bond acceptors (Lipinski definition) is 3. The Morgan fingerprint density at radius 1 is 1.23 bits per heavy atom. The molecule has 1 aromatic carbocycles. The van der Waals surface area contributed by atoms with E-state index >= 15 is 0 Å². The van der Waals surface area contributed by atoms with Gasteiger partial charge in [-0.2, -0.15) is 10.2 Å². The average molecular weight is 178 g/mol. The van der Waals surface area contributed by atoms with Crippen LogP contribution in [0, 0.1) is 13.8 Å². The van der Waals surface area contributed by atoms with Crippen molar-refractivity contribution in [2.45, 2.75) is 13.8 Å². The Kier molecular flexibility index (Phi) is 3.01. The van der Waals surface area contributed by atoms with Crippen molar-refractivity contribution in [3.63, 3.8) is 0 Å². The zero-order chi connectivity index (χ0) is 9.84. The summed E-state index contributed by atoms with van der Waals surface area (Å²) in [6.07, 6.45) is 0. The Morgan fingerprint density at radius 3 is 2.46 bits per heavy atom. The molecule has 0 aliphatic rings. The van der Waals surface area contributed by atoms with Crippen LogP contribution in [-0.2, 0) is 0 Å². The zero-order valence-corrected chi connectivity index (χ0v) is 8.46. The van der Waals surface area contributed by atoms with Gasteiger partial charge in [0.1, 0.15) is 11.4 Å². The molecule has 0 saturated carbocycles. The van der Waals surface area contributed by atoms with E-state index in [0.29, 0.717) is 0 Å². The van der Waals surface area contributed by atoms with Crippen molar-refractivity contribution >= 4 is 5.69 Å². The van der Waals surface area contributed by atoms with E-state index < -0.39 is 0 Å². The van der Waals surface area contributed by atoms with Crippen LogP contribution in [0.3, 0.4) is 0 Å². The number of ether oxygens (including phenoxy) is 1. The van der Waals surface area contributed by atoms with E-state index in [9.17, 15) is 0 Å². The van der Waals surface area contributed by atoms with Crippen LogP contribution in [0.15, 0.2) is 22.4 Å². The second kappa shape index (κ2) is 4.03. The number of rotatable bonds is 2. The van der Waals surface area contributed by atoms with Crippen LogP contribution in [0.5, 0.6) is 5.75 Å². The number of benzene rings is 1. The third kappa shape index (κ3) is 2.05. The lowest BCUT2D eigenvalue weighted by atomic mass is 10.1. The fraction of sp³-hybridized carbons (Fsp3) is 0.400. The van der Waals surface area contributed by atoms with E-state index in [4.69, 9.17) is 4.74 Å². The minimum atomic E-state index is 0.794. The molecule has 1 aromatic rings. The van der Waals surface area contributed by atoms with E-state index in [1.165, 1.54) is 5.56 Å². The summed E-state index contributed by atoms with van der Waals surface area (Å²) in [5.41, 5.74) is 3.05. The number of azo groups is 1. The standard InChI is InChI=1S/C10H14N2O/c1-7-5-8(2)10(13-4)9(6-7)12-11-3/h5-6H,1-4H3. The molecule has 0 fully saturated rings. The molecule has 0 radical (unpaired) electrons. The van der Waals surface area contributed by atoms with Crippen molar-refractivity contribution in [1.29, 1.82) is 0 Å². The number of aryl methyl sites for hydroxylation is 2. The van der Waals surface area contributed by atoms with E-state index in [2.05, 4.69) is 16.3 Å². The summed E-state index contributed by atoms with van der Waals surface area (Å²) < 4.78 is 5.23. The van der Waals surface area contributed by atoms with Crippen molar-refractivity contribution in [3.05, 3.63) is 23.3 Å². The van der Waals surface area contributed by atoms with Crippen molar-refractivity contribution in [2.75, 3.05) is 14.2 Å². The Balaban J connectivity index is 3.29. The highest BCUT2D eigenvalue weighted by Crippen LogP contribution is 2.32. The molecule has 0 bridgehead atoms. The van der Waals surface area contributed by atoms with Crippen LogP contribution in [0.25, 0.3) is 0 Å². The van der Waals surface area contributed by atoms with Gasteiger partial charge in [-0.3, -0.25) is 0 Å². The number of nitrogens with zero attached hydrogens (tertiary/aromatic N) is 2. The molecule has 0 atom stereocenters. The molecule has 13 heavy (non-hydrogen) atoms. The zero-order valence-electron chi connectivity index (χ0n) is 8.46. The lowest BCUT2D eigenvalue weighted by Crippen LogP contribution is -1.88. The smallest absolute Gasteiger partial charge is 0.149 e. The van der Waals surface area contributed by atoms with Gasteiger partial charge in [-0.25, -0.2) is 0 Å². The summed E-state index contributed by atoms with van der Waals surface area (Å²) >= 11 is 0. The van der Waals surface area contributed by atoms with E-state index in [1.807, 2.05) is 19.9 Å². The Hall–Kier alpha value is -1.38. The third-order valence-electron chi connectivity index (χ3n) is 1.81.